The predicted octanol–water partition coefficient (Wildman–Crippen LogP) is 2.86. The van der Waals surface area contributed by atoms with Crippen LogP contribution in [-0.2, 0) is 13.0 Å². The van der Waals surface area contributed by atoms with Crippen LogP contribution in [0.3, 0.4) is 0 Å². The van der Waals surface area contributed by atoms with Gasteiger partial charge in [0.2, 0.25) is 0 Å². The van der Waals surface area contributed by atoms with E-state index >= 15 is 0 Å². The lowest BCUT2D eigenvalue weighted by molar-refractivity contribution is 0.279. The van der Waals surface area contributed by atoms with E-state index in [1.165, 1.54) is 0 Å². The standard InChI is InChI=1S/C15H16O2S/c16-10-9-12-5-1-3-7-14(12)18-15-8-4-2-6-13(15)11-17/h1-8,16-17H,9-11H2. The van der Waals surface area contributed by atoms with Crippen LogP contribution in [0.4, 0.5) is 0 Å². The number of aliphatic hydroxyl groups excluding tert-OH is 2. The van der Waals surface area contributed by atoms with Crippen molar-refractivity contribution in [2.24, 2.45) is 0 Å². The van der Waals surface area contributed by atoms with Crippen molar-refractivity contribution in [2.75, 3.05) is 6.61 Å². The van der Waals surface area contributed by atoms with Gasteiger partial charge in [0.25, 0.3) is 0 Å². The fourth-order valence-electron chi connectivity index (χ4n) is 1.78. The minimum atomic E-state index is 0.0470. The summed E-state index contributed by atoms with van der Waals surface area (Å²) in [5.74, 6) is 0. The van der Waals surface area contributed by atoms with Crippen LogP contribution < -0.4 is 0 Å². The van der Waals surface area contributed by atoms with E-state index in [4.69, 9.17) is 5.11 Å². The SMILES string of the molecule is OCCc1ccccc1Sc1ccccc1CO. The number of aliphatic hydroxyl groups is 2. The van der Waals surface area contributed by atoms with Gasteiger partial charge in [0.15, 0.2) is 0 Å². The van der Waals surface area contributed by atoms with Crippen LogP contribution in [0.2, 0.25) is 0 Å². The molecule has 2 N–H and O–H groups in total. The summed E-state index contributed by atoms with van der Waals surface area (Å²) >= 11 is 1.63. The molecular formula is C15H16O2S. The third kappa shape index (κ3) is 3.13. The second-order valence-corrected chi connectivity index (χ2v) is 5.03. The molecule has 0 spiro atoms. The lowest BCUT2D eigenvalue weighted by Crippen LogP contribution is -1.93. The third-order valence-corrected chi connectivity index (χ3v) is 3.95. The molecule has 2 rings (SSSR count). The van der Waals surface area contributed by atoms with E-state index in [2.05, 4.69) is 0 Å². The van der Waals surface area contributed by atoms with Crippen molar-refractivity contribution in [2.45, 2.75) is 22.8 Å². The molecule has 0 radical (unpaired) electrons. The molecule has 2 nitrogen and oxygen atoms in total. The fourth-order valence-corrected chi connectivity index (χ4v) is 2.88. The molecule has 0 atom stereocenters. The molecule has 0 aromatic heterocycles. The van der Waals surface area contributed by atoms with E-state index in [1.54, 1.807) is 11.8 Å². The highest BCUT2D eigenvalue weighted by Crippen LogP contribution is 2.32. The minimum absolute atomic E-state index is 0.0470. The zero-order valence-electron chi connectivity index (χ0n) is 10.0. The lowest BCUT2D eigenvalue weighted by Gasteiger charge is -2.10. The second kappa shape index (κ2) is 6.59. The highest BCUT2D eigenvalue weighted by Gasteiger charge is 2.06. The number of hydrogen-bond donors (Lipinski definition) is 2. The van der Waals surface area contributed by atoms with E-state index in [1.807, 2.05) is 48.5 Å². The van der Waals surface area contributed by atoms with Crippen molar-refractivity contribution in [3.8, 4) is 0 Å². The number of rotatable bonds is 5. The summed E-state index contributed by atoms with van der Waals surface area (Å²) in [6, 6.07) is 15.9. The average Bonchev–Trinajstić information content (AvgIpc) is 2.42. The summed E-state index contributed by atoms with van der Waals surface area (Å²) < 4.78 is 0. The first-order chi connectivity index (χ1) is 8.85. The summed E-state index contributed by atoms with van der Waals surface area (Å²) in [5.41, 5.74) is 2.07. The van der Waals surface area contributed by atoms with Crippen molar-refractivity contribution in [3.05, 3.63) is 59.7 Å². The molecule has 3 heteroatoms. The van der Waals surface area contributed by atoms with Crippen molar-refractivity contribution in [1.82, 2.24) is 0 Å². The summed E-state index contributed by atoms with van der Waals surface area (Å²) in [4.78, 5) is 2.19. The van der Waals surface area contributed by atoms with Crippen LogP contribution in [-0.4, -0.2) is 16.8 Å². The second-order valence-electron chi connectivity index (χ2n) is 3.95. The van der Waals surface area contributed by atoms with Gasteiger partial charge in [-0.1, -0.05) is 48.2 Å². The van der Waals surface area contributed by atoms with Gasteiger partial charge in [0.1, 0.15) is 0 Å². The van der Waals surface area contributed by atoms with Gasteiger partial charge in [-0.3, -0.25) is 0 Å². The van der Waals surface area contributed by atoms with Crippen LogP contribution in [0.25, 0.3) is 0 Å². The van der Waals surface area contributed by atoms with Crippen LogP contribution in [0, 0.1) is 0 Å². The molecule has 0 fully saturated rings. The molecule has 0 bridgehead atoms. The van der Waals surface area contributed by atoms with Crippen LogP contribution in [0.5, 0.6) is 0 Å². The molecule has 2 aromatic rings. The Morgan fingerprint density at radius 2 is 1.33 bits per heavy atom. The molecule has 94 valence electrons. The molecule has 18 heavy (non-hydrogen) atoms. The largest absolute Gasteiger partial charge is 0.396 e. The monoisotopic (exact) mass is 260 g/mol. The molecule has 0 unspecified atom stereocenters. The number of benzene rings is 2. The Hall–Kier alpha value is -1.29. The fraction of sp³-hybridized carbons (Fsp3) is 0.200. The highest BCUT2D eigenvalue weighted by atomic mass is 32.2. The van der Waals surface area contributed by atoms with Crippen LogP contribution in [0.15, 0.2) is 58.3 Å². The Bertz CT molecular complexity index is 511. The van der Waals surface area contributed by atoms with Gasteiger partial charge in [0, 0.05) is 16.4 Å². The average molecular weight is 260 g/mol. The Kier molecular flexibility index (Phi) is 4.81. The summed E-state index contributed by atoms with van der Waals surface area (Å²) in [7, 11) is 0. The molecule has 0 aliphatic rings. The first kappa shape index (κ1) is 13.1. The molecule has 2 aromatic carbocycles. The van der Waals surface area contributed by atoms with Gasteiger partial charge < -0.3 is 10.2 Å². The van der Waals surface area contributed by atoms with Crippen LogP contribution >= 0.6 is 11.8 Å². The summed E-state index contributed by atoms with van der Waals surface area (Å²) in [6.45, 7) is 0.199. The van der Waals surface area contributed by atoms with Crippen molar-refractivity contribution in [1.29, 1.82) is 0 Å². The van der Waals surface area contributed by atoms with Gasteiger partial charge in [-0.05, 0) is 29.7 Å². The third-order valence-electron chi connectivity index (χ3n) is 2.72. The van der Waals surface area contributed by atoms with E-state index in [0.717, 1.165) is 20.9 Å². The first-order valence-electron chi connectivity index (χ1n) is 5.90. The minimum Gasteiger partial charge on any atom is -0.396 e. The van der Waals surface area contributed by atoms with E-state index < -0.39 is 0 Å². The molecule has 0 heterocycles. The normalized spacial score (nSPS) is 10.6. The predicted molar refractivity (Wildman–Crippen MR) is 73.7 cm³/mol. The van der Waals surface area contributed by atoms with Gasteiger partial charge in [-0.2, -0.15) is 0 Å². The topological polar surface area (TPSA) is 40.5 Å². The van der Waals surface area contributed by atoms with Gasteiger partial charge in [-0.25, -0.2) is 0 Å². The first-order valence-corrected chi connectivity index (χ1v) is 6.72. The quantitative estimate of drug-likeness (QED) is 0.868. The Morgan fingerprint density at radius 3 is 1.94 bits per heavy atom. The maximum atomic E-state index is 9.32. The smallest absolute Gasteiger partial charge is 0.0692 e. The summed E-state index contributed by atoms with van der Waals surface area (Å²) in [6.07, 6.45) is 0.657. The zero-order chi connectivity index (χ0) is 12.8. The molecule has 0 aliphatic carbocycles. The van der Waals surface area contributed by atoms with E-state index in [-0.39, 0.29) is 13.2 Å². The maximum absolute atomic E-state index is 9.32. The van der Waals surface area contributed by atoms with Gasteiger partial charge in [0.05, 0.1) is 6.61 Å². The maximum Gasteiger partial charge on any atom is 0.0692 e. The molecular weight excluding hydrogens is 244 g/mol. The van der Waals surface area contributed by atoms with E-state index in [0.29, 0.717) is 6.42 Å². The zero-order valence-corrected chi connectivity index (χ0v) is 10.9. The van der Waals surface area contributed by atoms with Crippen LogP contribution in [0.1, 0.15) is 11.1 Å². The highest BCUT2D eigenvalue weighted by molar-refractivity contribution is 7.99. The van der Waals surface area contributed by atoms with Gasteiger partial charge in [-0.15, -0.1) is 0 Å². The molecule has 0 amide bonds. The lowest BCUT2D eigenvalue weighted by atomic mass is 10.2. The Labute approximate surface area is 111 Å². The van der Waals surface area contributed by atoms with Crippen molar-refractivity contribution >= 4 is 11.8 Å². The van der Waals surface area contributed by atoms with E-state index in [9.17, 15) is 5.11 Å². The van der Waals surface area contributed by atoms with Crippen molar-refractivity contribution < 1.29 is 10.2 Å². The molecule has 0 saturated heterocycles. The van der Waals surface area contributed by atoms with Gasteiger partial charge >= 0.3 is 0 Å². The Morgan fingerprint density at radius 1 is 0.778 bits per heavy atom. The van der Waals surface area contributed by atoms with Crippen molar-refractivity contribution in [3.63, 3.8) is 0 Å². The molecule has 0 saturated carbocycles. The number of hydrogen-bond acceptors (Lipinski definition) is 3. The Balaban J connectivity index is 2.28. The summed E-state index contributed by atoms with van der Waals surface area (Å²) in [5, 5.41) is 18.4. The molecule has 0 aliphatic heterocycles.